The smallest absolute Gasteiger partial charge is 0.256 e. The van der Waals surface area contributed by atoms with Crippen LogP contribution in [0.15, 0.2) is 46.9 Å². The summed E-state index contributed by atoms with van der Waals surface area (Å²) in [4.78, 5) is 21.2. The Kier molecular flexibility index (Phi) is 12.2. The number of aliphatic hydroxyl groups excluding tert-OH is 1. The molecule has 0 aliphatic carbocycles. The van der Waals surface area contributed by atoms with Crippen LogP contribution < -0.4 is 10.1 Å². The van der Waals surface area contributed by atoms with E-state index >= 15 is 0 Å². The van der Waals surface area contributed by atoms with Gasteiger partial charge in [-0.2, -0.15) is 0 Å². The fourth-order valence-electron chi connectivity index (χ4n) is 2.26. The summed E-state index contributed by atoms with van der Waals surface area (Å²) in [7, 11) is 0. The number of halogens is 2. The Bertz CT molecular complexity index is 952. The third kappa shape index (κ3) is 8.01. The summed E-state index contributed by atoms with van der Waals surface area (Å²) in [6.07, 6.45) is 0. The lowest BCUT2D eigenvalue weighted by atomic mass is 10.2. The molecular formula is C22H27Br2N3O3. The summed E-state index contributed by atoms with van der Waals surface area (Å²) in [5, 5.41) is 13.6. The molecule has 30 heavy (non-hydrogen) atoms. The summed E-state index contributed by atoms with van der Waals surface area (Å²) < 4.78 is 6.10. The summed E-state index contributed by atoms with van der Waals surface area (Å²) in [5.74, 6) is 0.614. The van der Waals surface area contributed by atoms with Gasteiger partial charge in [-0.1, -0.05) is 36.7 Å². The van der Waals surface area contributed by atoms with Gasteiger partial charge in [0.1, 0.15) is 18.2 Å². The van der Waals surface area contributed by atoms with Crippen LogP contribution in [0.5, 0.6) is 5.75 Å². The quantitative estimate of drug-likeness (QED) is 0.402. The van der Waals surface area contributed by atoms with Gasteiger partial charge >= 0.3 is 0 Å². The van der Waals surface area contributed by atoms with Gasteiger partial charge in [0, 0.05) is 22.0 Å². The Morgan fingerprint density at radius 3 is 2.47 bits per heavy atom. The Morgan fingerprint density at radius 2 is 1.80 bits per heavy atom. The first-order chi connectivity index (χ1) is 14.5. The Labute approximate surface area is 194 Å². The maximum Gasteiger partial charge on any atom is 0.256 e. The lowest BCUT2D eigenvalue weighted by Gasteiger charge is -2.10. The molecule has 2 aromatic heterocycles. The van der Waals surface area contributed by atoms with Gasteiger partial charge in [0.2, 0.25) is 0 Å². The maximum atomic E-state index is 12.5. The van der Waals surface area contributed by atoms with Gasteiger partial charge in [0.05, 0.1) is 11.1 Å². The molecule has 3 rings (SSSR count). The van der Waals surface area contributed by atoms with E-state index in [0.29, 0.717) is 27.3 Å². The number of aryl methyl sites for hydroxylation is 1. The molecular weight excluding hydrogens is 514 g/mol. The molecule has 0 atom stereocenters. The number of aromatic nitrogens is 2. The molecule has 1 aromatic carbocycles. The minimum atomic E-state index is -0.305. The number of rotatable bonds is 5. The fourth-order valence-corrected chi connectivity index (χ4v) is 2.62. The average Bonchev–Trinajstić information content (AvgIpc) is 2.75. The van der Waals surface area contributed by atoms with Crippen molar-refractivity contribution in [2.24, 2.45) is 0 Å². The van der Waals surface area contributed by atoms with E-state index in [1.54, 1.807) is 24.3 Å². The molecule has 0 aliphatic heterocycles. The van der Waals surface area contributed by atoms with Crippen LogP contribution in [0.4, 0.5) is 5.82 Å². The molecule has 0 fully saturated rings. The van der Waals surface area contributed by atoms with Crippen molar-refractivity contribution in [2.45, 2.75) is 27.7 Å². The predicted octanol–water partition coefficient (Wildman–Crippen LogP) is 5.75. The van der Waals surface area contributed by atoms with Gasteiger partial charge in [-0.25, -0.2) is 9.97 Å². The summed E-state index contributed by atoms with van der Waals surface area (Å²) in [6.45, 7) is 7.99. The largest absolute Gasteiger partial charge is 0.490 e. The highest BCUT2D eigenvalue weighted by atomic mass is 79.9. The van der Waals surface area contributed by atoms with Crippen molar-refractivity contribution in [3.8, 4) is 5.75 Å². The molecule has 0 saturated heterocycles. The monoisotopic (exact) mass is 539 g/mol. The number of carbonyl (C=O) groups excluding carboxylic acids is 1. The van der Waals surface area contributed by atoms with Gasteiger partial charge in [0.25, 0.3) is 5.91 Å². The maximum absolute atomic E-state index is 12.5. The Hall–Kier alpha value is -2.03. The Balaban J connectivity index is 0.000000826. The van der Waals surface area contributed by atoms with E-state index in [9.17, 15) is 4.79 Å². The van der Waals surface area contributed by atoms with Crippen LogP contribution in [0.2, 0.25) is 0 Å². The number of fused-ring (bicyclic) bond motifs is 1. The van der Waals surface area contributed by atoms with Crippen LogP contribution in [-0.4, -0.2) is 39.5 Å². The molecule has 2 N–H and O–H groups in total. The lowest BCUT2D eigenvalue weighted by Crippen LogP contribution is -2.13. The minimum Gasteiger partial charge on any atom is -0.490 e. The fraction of sp³-hybridized carbons (Fsp3) is 0.318. The van der Waals surface area contributed by atoms with Crippen LogP contribution in [0.25, 0.3) is 11.0 Å². The molecule has 3 aromatic rings. The Morgan fingerprint density at radius 1 is 1.13 bits per heavy atom. The SMILES string of the molecule is CC.CCBr.Cc1ccc2ccc(NC(=O)c3ccc(Br)c(OCCO)c3)nc2n1. The molecule has 1 amide bonds. The van der Waals surface area contributed by atoms with E-state index in [4.69, 9.17) is 9.84 Å². The van der Waals surface area contributed by atoms with E-state index in [0.717, 1.165) is 16.4 Å². The highest BCUT2D eigenvalue weighted by Crippen LogP contribution is 2.26. The van der Waals surface area contributed by atoms with E-state index < -0.39 is 0 Å². The van der Waals surface area contributed by atoms with Gasteiger partial charge in [-0.3, -0.25) is 4.79 Å². The number of nitrogens with one attached hydrogen (secondary N) is 1. The summed E-state index contributed by atoms with van der Waals surface area (Å²) >= 11 is 6.50. The number of alkyl halides is 1. The van der Waals surface area contributed by atoms with Crippen LogP contribution in [0.3, 0.4) is 0 Å². The van der Waals surface area contributed by atoms with E-state index in [1.807, 2.05) is 45.9 Å². The minimum absolute atomic E-state index is 0.101. The molecule has 2 heterocycles. The molecule has 0 radical (unpaired) electrons. The van der Waals surface area contributed by atoms with Crippen LogP contribution >= 0.6 is 31.9 Å². The van der Waals surface area contributed by atoms with Crippen molar-refractivity contribution in [3.05, 3.63) is 58.2 Å². The standard InChI is InChI=1S/C18H16BrN3O3.C2H5Br.C2H6/c1-11-2-3-12-5-7-16(21-17(12)20-11)22-18(24)13-4-6-14(19)15(10-13)25-9-8-23;1-2-3;1-2/h2-7,10,23H,8-9H2,1H3,(H,20,21,22,24);2H2,1H3;1-2H3. The van der Waals surface area contributed by atoms with Crippen molar-refractivity contribution in [3.63, 3.8) is 0 Å². The summed E-state index contributed by atoms with van der Waals surface area (Å²) in [5.41, 5.74) is 1.87. The summed E-state index contributed by atoms with van der Waals surface area (Å²) in [6, 6.07) is 12.5. The second-order valence-electron chi connectivity index (χ2n) is 5.63. The molecule has 0 saturated carbocycles. The van der Waals surface area contributed by atoms with Gasteiger partial charge in [-0.05, 0) is 65.3 Å². The number of ether oxygens (including phenoxy) is 1. The molecule has 0 spiro atoms. The van der Waals surface area contributed by atoms with Crippen molar-refractivity contribution in [1.82, 2.24) is 9.97 Å². The second kappa shape index (κ2) is 14.1. The molecule has 8 heteroatoms. The molecule has 0 bridgehead atoms. The van der Waals surface area contributed by atoms with Crippen molar-refractivity contribution in [1.29, 1.82) is 0 Å². The number of hydrogen-bond donors (Lipinski definition) is 2. The van der Waals surface area contributed by atoms with Crippen LogP contribution in [0, 0.1) is 6.92 Å². The zero-order valence-electron chi connectivity index (χ0n) is 17.6. The number of aliphatic hydroxyl groups is 1. The van der Waals surface area contributed by atoms with Crippen LogP contribution in [-0.2, 0) is 0 Å². The van der Waals surface area contributed by atoms with E-state index in [-0.39, 0.29) is 19.1 Å². The highest BCUT2D eigenvalue weighted by Gasteiger charge is 2.11. The number of pyridine rings is 2. The first-order valence-corrected chi connectivity index (χ1v) is 11.5. The molecule has 162 valence electrons. The first-order valence-electron chi connectivity index (χ1n) is 9.63. The average molecular weight is 541 g/mol. The lowest BCUT2D eigenvalue weighted by molar-refractivity contribution is 0.102. The zero-order chi connectivity index (χ0) is 22.5. The number of amides is 1. The van der Waals surface area contributed by atoms with Crippen molar-refractivity contribution in [2.75, 3.05) is 23.9 Å². The number of carbonyl (C=O) groups is 1. The van der Waals surface area contributed by atoms with E-state index in [2.05, 4.69) is 47.1 Å². The van der Waals surface area contributed by atoms with Crippen molar-refractivity contribution < 1.29 is 14.6 Å². The number of nitrogens with zero attached hydrogens (tertiary/aromatic N) is 2. The van der Waals surface area contributed by atoms with Gasteiger partial charge < -0.3 is 15.2 Å². The first kappa shape index (κ1) is 26.0. The van der Waals surface area contributed by atoms with Gasteiger partial charge in [0.15, 0.2) is 5.65 Å². The molecule has 0 aliphatic rings. The zero-order valence-corrected chi connectivity index (χ0v) is 20.7. The van der Waals surface area contributed by atoms with Crippen molar-refractivity contribution >= 4 is 54.6 Å². The van der Waals surface area contributed by atoms with Gasteiger partial charge in [-0.15, -0.1) is 0 Å². The topological polar surface area (TPSA) is 84.3 Å². The van der Waals surface area contributed by atoms with Crippen LogP contribution in [0.1, 0.15) is 36.8 Å². The van der Waals surface area contributed by atoms with E-state index in [1.165, 1.54) is 0 Å². The second-order valence-corrected chi connectivity index (χ2v) is 7.61. The normalized spacial score (nSPS) is 9.70. The third-order valence-corrected chi connectivity index (χ3v) is 4.13. The number of benzene rings is 1. The number of hydrogen-bond acceptors (Lipinski definition) is 5. The highest BCUT2D eigenvalue weighted by molar-refractivity contribution is 9.10. The molecule has 0 unspecified atom stereocenters. The third-order valence-electron chi connectivity index (χ3n) is 3.48. The predicted molar refractivity (Wildman–Crippen MR) is 130 cm³/mol. The number of anilines is 1. The molecule has 6 nitrogen and oxygen atoms in total.